The largest absolute Gasteiger partial charge is 0.336 e. The monoisotopic (exact) mass is 380 g/mol. The van der Waals surface area contributed by atoms with E-state index < -0.39 is 0 Å². The molecule has 4 nitrogen and oxygen atoms in total. The zero-order valence-corrected chi connectivity index (χ0v) is 16.3. The fourth-order valence-corrected chi connectivity index (χ4v) is 3.27. The normalized spacial score (nSPS) is 14.9. The van der Waals surface area contributed by atoms with E-state index >= 15 is 0 Å². The quantitative estimate of drug-likeness (QED) is 0.758. The van der Waals surface area contributed by atoms with E-state index in [1.807, 2.05) is 31.2 Å². The summed E-state index contributed by atoms with van der Waals surface area (Å²) in [5.41, 5.74) is 3.50. The first-order valence-electron chi connectivity index (χ1n) is 9.59. The summed E-state index contributed by atoms with van der Waals surface area (Å²) in [6, 6.07) is 13.8. The number of carbonyl (C=O) groups excluding carboxylic acids is 2. The molecule has 0 atom stereocenters. The number of carbonyl (C=O) groups is 2. The van der Waals surface area contributed by atoms with E-state index in [0.29, 0.717) is 31.7 Å². The Morgan fingerprint density at radius 2 is 1.43 bits per heavy atom. The van der Waals surface area contributed by atoms with Crippen LogP contribution in [0.5, 0.6) is 0 Å². The van der Waals surface area contributed by atoms with Crippen LogP contribution in [0.25, 0.3) is 5.57 Å². The number of amides is 2. The van der Waals surface area contributed by atoms with Crippen LogP contribution in [0.15, 0.2) is 54.6 Å². The lowest BCUT2D eigenvalue weighted by Gasteiger charge is -2.34. The first-order valence-corrected chi connectivity index (χ1v) is 9.59. The maximum absolute atomic E-state index is 13.0. The summed E-state index contributed by atoms with van der Waals surface area (Å²) in [4.78, 5) is 28.7. The molecule has 0 N–H and O–H groups in total. The third-order valence-electron chi connectivity index (χ3n) is 5.13. The van der Waals surface area contributed by atoms with Gasteiger partial charge < -0.3 is 9.80 Å². The summed E-state index contributed by atoms with van der Waals surface area (Å²) >= 11 is 0. The number of benzene rings is 2. The van der Waals surface area contributed by atoms with Crippen LogP contribution in [0, 0.1) is 5.82 Å². The highest BCUT2D eigenvalue weighted by Gasteiger charge is 2.24. The van der Waals surface area contributed by atoms with Gasteiger partial charge in [0.2, 0.25) is 5.91 Å². The van der Waals surface area contributed by atoms with Gasteiger partial charge in [0.05, 0.1) is 0 Å². The summed E-state index contributed by atoms with van der Waals surface area (Å²) in [6.45, 7) is 5.97. The Balaban J connectivity index is 1.58. The predicted molar refractivity (Wildman–Crippen MR) is 108 cm³/mol. The van der Waals surface area contributed by atoms with Crippen molar-refractivity contribution in [3.63, 3.8) is 0 Å². The average Bonchev–Trinajstić information content (AvgIpc) is 2.73. The van der Waals surface area contributed by atoms with Crippen LogP contribution in [0.3, 0.4) is 0 Å². The van der Waals surface area contributed by atoms with Gasteiger partial charge in [0.25, 0.3) is 5.91 Å². The highest BCUT2D eigenvalue weighted by Crippen LogP contribution is 2.16. The SMILES string of the molecule is CCc1ccc(C(=O)N2CCN(C(=O)/C=C(/C)c3ccc(F)cc3)CC2)cc1. The summed E-state index contributed by atoms with van der Waals surface area (Å²) in [6.07, 6.45) is 2.52. The maximum Gasteiger partial charge on any atom is 0.253 e. The van der Waals surface area contributed by atoms with Crippen LogP contribution >= 0.6 is 0 Å². The molecule has 1 aliphatic rings. The van der Waals surface area contributed by atoms with Gasteiger partial charge in [-0.05, 0) is 54.3 Å². The van der Waals surface area contributed by atoms with Crippen molar-refractivity contribution in [1.29, 1.82) is 0 Å². The molecule has 2 aromatic rings. The molecule has 0 saturated carbocycles. The topological polar surface area (TPSA) is 40.6 Å². The van der Waals surface area contributed by atoms with E-state index in [1.165, 1.54) is 17.7 Å². The van der Waals surface area contributed by atoms with Crippen molar-refractivity contribution in [2.45, 2.75) is 20.3 Å². The number of allylic oxidation sites excluding steroid dienone is 1. The zero-order chi connectivity index (χ0) is 20.1. The van der Waals surface area contributed by atoms with Crippen molar-refractivity contribution in [3.05, 3.63) is 77.1 Å². The lowest BCUT2D eigenvalue weighted by atomic mass is 10.1. The van der Waals surface area contributed by atoms with Crippen molar-refractivity contribution in [3.8, 4) is 0 Å². The molecule has 5 heteroatoms. The first-order chi connectivity index (χ1) is 13.5. The molecule has 0 radical (unpaired) electrons. The molecule has 3 rings (SSSR count). The van der Waals surface area contributed by atoms with E-state index in [4.69, 9.17) is 0 Å². The van der Waals surface area contributed by atoms with E-state index in [1.54, 1.807) is 28.0 Å². The van der Waals surface area contributed by atoms with E-state index in [9.17, 15) is 14.0 Å². The van der Waals surface area contributed by atoms with Crippen LogP contribution in [-0.2, 0) is 11.2 Å². The Morgan fingerprint density at radius 3 is 2.00 bits per heavy atom. The molecule has 0 aromatic heterocycles. The Bertz CT molecular complexity index is 864. The minimum atomic E-state index is -0.298. The lowest BCUT2D eigenvalue weighted by Crippen LogP contribution is -2.50. The van der Waals surface area contributed by atoms with Gasteiger partial charge in [0, 0.05) is 37.8 Å². The zero-order valence-electron chi connectivity index (χ0n) is 16.3. The van der Waals surface area contributed by atoms with Crippen molar-refractivity contribution >= 4 is 17.4 Å². The molecular formula is C23H25FN2O2. The minimum Gasteiger partial charge on any atom is -0.336 e. The first kappa shape index (κ1) is 19.8. The fourth-order valence-electron chi connectivity index (χ4n) is 3.27. The summed E-state index contributed by atoms with van der Waals surface area (Å²) < 4.78 is 13.0. The van der Waals surface area contributed by atoms with Crippen LogP contribution in [-0.4, -0.2) is 47.8 Å². The molecule has 28 heavy (non-hydrogen) atoms. The molecular weight excluding hydrogens is 355 g/mol. The number of rotatable bonds is 4. The van der Waals surface area contributed by atoms with Crippen molar-refractivity contribution < 1.29 is 14.0 Å². The second-order valence-corrected chi connectivity index (χ2v) is 7.00. The molecule has 0 aliphatic carbocycles. The average molecular weight is 380 g/mol. The molecule has 1 aliphatic heterocycles. The molecule has 146 valence electrons. The Kier molecular flexibility index (Phi) is 6.24. The van der Waals surface area contributed by atoms with Crippen LogP contribution in [0.1, 0.15) is 35.3 Å². The molecule has 1 saturated heterocycles. The standard InChI is InChI=1S/C23H25FN2O2/c1-3-18-4-6-20(7-5-18)23(28)26-14-12-25(13-15-26)22(27)16-17(2)19-8-10-21(24)11-9-19/h4-11,16H,3,12-15H2,1-2H3/b17-16-. The molecule has 1 heterocycles. The van der Waals surface area contributed by atoms with E-state index in [-0.39, 0.29) is 17.6 Å². The second-order valence-electron chi connectivity index (χ2n) is 7.00. The van der Waals surface area contributed by atoms with Crippen LogP contribution in [0.4, 0.5) is 4.39 Å². The molecule has 2 amide bonds. The highest BCUT2D eigenvalue weighted by atomic mass is 19.1. The minimum absolute atomic E-state index is 0.00721. The molecule has 1 fully saturated rings. The van der Waals surface area contributed by atoms with Gasteiger partial charge in [-0.15, -0.1) is 0 Å². The third kappa shape index (κ3) is 4.66. The fraction of sp³-hybridized carbons (Fsp3) is 0.304. The smallest absolute Gasteiger partial charge is 0.253 e. The number of halogens is 1. The van der Waals surface area contributed by atoms with Crippen LogP contribution < -0.4 is 0 Å². The van der Waals surface area contributed by atoms with Crippen molar-refractivity contribution in [2.24, 2.45) is 0 Å². The predicted octanol–water partition coefficient (Wildman–Crippen LogP) is 3.78. The number of hydrogen-bond acceptors (Lipinski definition) is 2. The molecule has 2 aromatic carbocycles. The number of aryl methyl sites for hydroxylation is 1. The number of piperazine rings is 1. The molecule has 0 spiro atoms. The summed E-state index contributed by atoms with van der Waals surface area (Å²) in [5, 5.41) is 0. The Morgan fingerprint density at radius 1 is 0.893 bits per heavy atom. The Labute approximate surface area is 165 Å². The molecule has 0 bridgehead atoms. The molecule has 0 unspecified atom stereocenters. The second kappa shape index (κ2) is 8.83. The van der Waals surface area contributed by atoms with Gasteiger partial charge in [-0.3, -0.25) is 9.59 Å². The Hall–Kier alpha value is -2.95. The van der Waals surface area contributed by atoms with Crippen LogP contribution in [0.2, 0.25) is 0 Å². The van der Waals surface area contributed by atoms with Crippen molar-refractivity contribution in [1.82, 2.24) is 9.80 Å². The summed E-state index contributed by atoms with van der Waals surface area (Å²) in [7, 11) is 0. The van der Waals surface area contributed by atoms with Gasteiger partial charge in [-0.2, -0.15) is 0 Å². The number of hydrogen-bond donors (Lipinski definition) is 0. The van der Waals surface area contributed by atoms with Gasteiger partial charge in [-0.1, -0.05) is 31.2 Å². The van der Waals surface area contributed by atoms with Gasteiger partial charge in [0.15, 0.2) is 0 Å². The van der Waals surface area contributed by atoms with E-state index in [2.05, 4.69) is 6.92 Å². The van der Waals surface area contributed by atoms with Crippen molar-refractivity contribution in [2.75, 3.05) is 26.2 Å². The third-order valence-corrected chi connectivity index (χ3v) is 5.13. The highest BCUT2D eigenvalue weighted by molar-refractivity contribution is 5.96. The van der Waals surface area contributed by atoms with Gasteiger partial charge in [0.1, 0.15) is 5.82 Å². The summed E-state index contributed by atoms with van der Waals surface area (Å²) in [5.74, 6) is -0.373. The lowest BCUT2D eigenvalue weighted by molar-refractivity contribution is -0.127. The number of nitrogens with zero attached hydrogens (tertiary/aromatic N) is 2. The van der Waals surface area contributed by atoms with Gasteiger partial charge >= 0.3 is 0 Å². The maximum atomic E-state index is 13.0. The van der Waals surface area contributed by atoms with E-state index in [0.717, 1.165) is 17.6 Å². The van der Waals surface area contributed by atoms with Gasteiger partial charge in [-0.25, -0.2) is 4.39 Å².